The Hall–Kier alpha value is -4.03. The predicted octanol–water partition coefficient (Wildman–Crippen LogP) is 4.35. The van der Waals surface area contributed by atoms with Gasteiger partial charge in [-0.2, -0.15) is 13.2 Å². The monoisotopic (exact) mass is 537 g/mol. The number of aromatic amines is 1. The van der Waals surface area contributed by atoms with Crippen molar-refractivity contribution in [3.63, 3.8) is 0 Å². The third-order valence-electron chi connectivity index (χ3n) is 6.58. The van der Waals surface area contributed by atoms with Gasteiger partial charge < -0.3 is 20.5 Å². The van der Waals surface area contributed by atoms with Gasteiger partial charge in [-0.25, -0.2) is 15.0 Å². The van der Waals surface area contributed by atoms with Gasteiger partial charge in [-0.15, -0.1) is 11.3 Å². The number of benzene rings is 2. The van der Waals surface area contributed by atoms with Crippen LogP contribution in [0.15, 0.2) is 60.4 Å². The average Bonchev–Trinajstić information content (AvgIpc) is 3.58. The van der Waals surface area contributed by atoms with Crippen molar-refractivity contribution >= 4 is 44.3 Å². The Balaban J connectivity index is 1.17. The first-order chi connectivity index (χ1) is 18.3. The van der Waals surface area contributed by atoms with Crippen molar-refractivity contribution < 1.29 is 18.0 Å². The van der Waals surface area contributed by atoms with Crippen molar-refractivity contribution in [2.24, 2.45) is 0 Å². The van der Waals surface area contributed by atoms with Gasteiger partial charge in [-0.1, -0.05) is 18.2 Å². The molecule has 12 heteroatoms. The minimum atomic E-state index is -4.39. The molecule has 8 nitrogen and oxygen atoms in total. The van der Waals surface area contributed by atoms with Crippen molar-refractivity contribution in [3.05, 3.63) is 71.5 Å². The molecular weight excluding hydrogens is 515 g/mol. The molecule has 0 saturated carbocycles. The second kappa shape index (κ2) is 9.69. The predicted molar refractivity (Wildman–Crippen MR) is 140 cm³/mol. The van der Waals surface area contributed by atoms with E-state index in [-0.39, 0.29) is 5.91 Å². The fourth-order valence-electron chi connectivity index (χ4n) is 4.62. The van der Waals surface area contributed by atoms with Crippen LogP contribution in [0, 0.1) is 0 Å². The molecule has 0 radical (unpaired) electrons. The molecule has 1 atom stereocenters. The molecular formula is C26H22F3N7OS. The summed E-state index contributed by atoms with van der Waals surface area (Å²) in [7, 11) is 0. The number of halogens is 3. The van der Waals surface area contributed by atoms with Gasteiger partial charge in [0.2, 0.25) is 5.91 Å². The van der Waals surface area contributed by atoms with Gasteiger partial charge in [0.1, 0.15) is 23.8 Å². The van der Waals surface area contributed by atoms with Crippen LogP contribution >= 0.6 is 11.3 Å². The number of aromatic nitrogens is 4. The Morgan fingerprint density at radius 1 is 1.11 bits per heavy atom. The highest BCUT2D eigenvalue weighted by molar-refractivity contribution is 7.16. The largest absolute Gasteiger partial charge is 0.416 e. The van der Waals surface area contributed by atoms with E-state index in [1.165, 1.54) is 18.5 Å². The zero-order valence-corrected chi connectivity index (χ0v) is 20.7. The summed E-state index contributed by atoms with van der Waals surface area (Å²) in [5.41, 5.74) is 4.80. The van der Waals surface area contributed by atoms with E-state index in [9.17, 15) is 18.0 Å². The van der Waals surface area contributed by atoms with Crippen LogP contribution in [0.3, 0.4) is 0 Å². The SMILES string of the molecule is O=C(NCc1ccc2scnc2c1)[C@@H]1CN(c2ncnc3[nH]c(-c4ccc(C(F)(F)F)cc4)cc23)CCN1. The quantitative estimate of drug-likeness (QED) is 0.309. The minimum Gasteiger partial charge on any atom is -0.353 e. The van der Waals surface area contributed by atoms with Gasteiger partial charge in [0, 0.05) is 31.9 Å². The molecule has 2 aromatic carbocycles. The van der Waals surface area contributed by atoms with Crippen LogP contribution < -0.4 is 15.5 Å². The Labute approximate surface area is 218 Å². The van der Waals surface area contributed by atoms with E-state index >= 15 is 0 Å². The maximum Gasteiger partial charge on any atom is 0.416 e. The highest BCUT2D eigenvalue weighted by Crippen LogP contribution is 2.33. The van der Waals surface area contributed by atoms with E-state index in [0.717, 1.165) is 33.3 Å². The van der Waals surface area contributed by atoms with E-state index in [1.54, 1.807) is 16.8 Å². The fourth-order valence-corrected chi connectivity index (χ4v) is 5.28. The molecule has 0 spiro atoms. The van der Waals surface area contributed by atoms with E-state index in [1.807, 2.05) is 29.2 Å². The van der Waals surface area contributed by atoms with Crippen LogP contribution in [-0.4, -0.2) is 51.5 Å². The zero-order chi connectivity index (χ0) is 26.3. The van der Waals surface area contributed by atoms with E-state index in [0.29, 0.717) is 48.9 Å². The first kappa shape index (κ1) is 24.3. The smallest absolute Gasteiger partial charge is 0.353 e. The van der Waals surface area contributed by atoms with Gasteiger partial charge >= 0.3 is 6.18 Å². The molecule has 6 rings (SSSR count). The highest BCUT2D eigenvalue weighted by Gasteiger charge is 2.30. The molecule has 3 aromatic heterocycles. The lowest BCUT2D eigenvalue weighted by Gasteiger charge is -2.34. The summed E-state index contributed by atoms with van der Waals surface area (Å²) >= 11 is 1.58. The number of alkyl halides is 3. The summed E-state index contributed by atoms with van der Waals surface area (Å²) in [6.45, 7) is 2.03. The van der Waals surface area contributed by atoms with Gasteiger partial charge in [0.15, 0.2) is 0 Å². The van der Waals surface area contributed by atoms with Crippen LogP contribution in [0.1, 0.15) is 11.1 Å². The van der Waals surface area contributed by atoms with Gasteiger partial charge in [-0.3, -0.25) is 4.79 Å². The number of amides is 1. The number of fused-ring (bicyclic) bond motifs is 2. The van der Waals surface area contributed by atoms with Gasteiger partial charge in [0.05, 0.1) is 26.7 Å². The Bertz CT molecular complexity index is 1610. The summed E-state index contributed by atoms with van der Waals surface area (Å²) in [5.74, 6) is 0.551. The normalized spacial score (nSPS) is 16.3. The molecule has 1 aliphatic rings. The van der Waals surface area contributed by atoms with Crippen LogP contribution in [-0.2, 0) is 17.5 Å². The number of anilines is 1. The number of rotatable bonds is 5. The van der Waals surface area contributed by atoms with E-state index < -0.39 is 17.8 Å². The first-order valence-electron chi connectivity index (χ1n) is 11.9. The number of carbonyl (C=O) groups is 1. The maximum atomic E-state index is 13.0. The summed E-state index contributed by atoms with van der Waals surface area (Å²) in [4.78, 5) is 31.3. The molecule has 1 saturated heterocycles. The van der Waals surface area contributed by atoms with Crippen LogP contribution in [0.5, 0.6) is 0 Å². The molecule has 194 valence electrons. The van der Waals surface area contributed by atoms with Gasteiger partial charge in [-0.05, 0) is 41.5 Å². The molecule has 5 aromatic rings. The van der Waals surface area contributed by atoms with Gasteiger partial charge in [0.25, 0.3) is 0 Å². The fraction of sp³-hybridized carbons (Fsp3) is 0.231. The minimum absolute atomic E-state index is 0.113. The number of hydrogen-bond acceptors (Lipinski definition) is 7. The molecule has 38 heavy (non-hydrogen) atoms. The second-order valence-corrected chi connectivity index (χ2v) is 9.93. The number of hydrogen-bond donors (Lipinski definition) is 3. The Kier molecular flexibility index (Phi) is 6.20. The number of carbonyl (C=O) groups excluding carboxylic acids is 1. The number of nitrogens with zero attached hydrogens (tertiary/aromatic N) is 4. The van der Waals surface area contributed by atoms with Crippen molar-refractivity contribution in [3.8, 4) is 11.3 Å². The lowest BCUT2D eigenvalue weighted by molar-refractivity contribution is -0.137. The number of thiazole rings is 1. The standard InChI is InChI=1S/C26H22F3N7OS/c27-26(28,29)17-4-2-16(3-5-17)19-10-18-23(35-19)32-13-33-24(18)36-8-7-30-21(12-36)25(37)31-11-15-1-6-22-20(9-15)34-14-38-22/h1-6,9-10,13-14,21,30H,7-8,11-12H2,(H,31,37)(H,32,33,35)/t21-/m0/s1. The summed E-state index contributed by atoms with van der Waals surface area (Å²) in [5, 5.41) is 7.01. The topological polar surface area (TPSA) is 98.8 Å². The molecule has 0 bridgehead atoms. The van der Waals surface area contributed by atoms with Crippen molar-refractivity contribution in [1.29, 1.82) is 0 Å². The Morgan fingerprint density at radius 2 is 1.95 bits per heavy atom. The Morgan fingerprint density at radius 3 is 2.76 bits per heavy atom. The lowest BCUT2D eigenvalue weighted by Crippen LogP contribution is -2.57. The maximum absolute atomic E-state index is 13.0. The summed E-state index contributed by atoms with van der Waals surface area (Å²) in [6.07, 6.45) is -2.95. The summed E-state index contributed by atoms with van der Waals surface area (Å²) < 4.78 is 39.9. The molecule has 0 unspecified atom stereocenters. The lowest BCUT2D eigenvalue weighted by atomic mass is 10.1. The third-order valence-corrected chi connectivity index (χ3v) is 7.39. The second-order valence-electron chi connectivity index (χ2n) is 9.04. The van der Waals surface area contributed by atoms with Crippen LogP contribution in [0.25, 0.3) is 32.5 Å². The van der Waals surface area contributed by atoms with Crippen LogP contribution in [0.2, 0.25) is 0 Å². The van der Waals surface area contributed by atoms with E-state index in [4.69, 9.17) is 0 Å². The number of H-pyrrole nitrogens is 1. The molecule has 1 amide bonds. The van der Waals surface area contributed by atoms with E-state index in [2.05, 4.69) is 30.6 Å². The van der Waals surface area contributed by atoms with Crippen molar-refractivity contribution in [2.45, 2.75) is 18.8 Å². The molecule has 1 fully saturated rings. The third kappa shape index (κ3) is 4.79. The van der Waals surface area contributed by atoms with Crippen molar-refractivity contribution in [2.75, 3.05) is 24.5 Å². The summed E-state index contributed by atoms with van der Waals surface area (Å²) in [6, 6.07) is 12.3. The van der Waals surface area contributed by atoms with Crippen molar-refractivity contribution in [1.82, 2.24) is 30.6 Å². The average molecular weight is 538 g/mol. The zero-order valence-electron chi connectivity index (χ0n) is 19.9. The number of piperazine rings is 1. The number of nitrogens with one attached hydrogen (secondary N) is 3. The first-order valence-corrected chi connectivity index (χ1v) is 12.8. The highest BCUT2D eigenvalue weighted by atomic mass is 32.1. The van der Waals surface area contributed by atoms with Crippen LogP contribution in [0.4, 0.5) is 19.0 Å². The molecule has 4 heterocycles. The molecule has 0 aliphatic carbocycles. The molecule has 1 aliphatic heterocycles. The molecule has 3 N–H and O–H groups in total.